The number of rotatable bonds is 6. The summed E-state index contributed by atoms with van der Waals surface area (Å²) in [5.41, 5.74) is -0.180. The van der Waals surface area contributed by atoms with E-state index in [1.165, 1.54) is 18.2 Å². The van der Waals surface area contributed by atoms with E-state index in [1.807, 2.05) is 6.92 Å². The molecular weight excluding hydrogens is 336 g/mol. The molecule has 0 aliphatic carbocycles. The largest absolute Gasteiger partial charge is 0.339 e. The second kappa shape index (κ2) is 7.45. The lowest BCUT2D eigenvalue weighted by molar-refractivity contribution is -0.385. The quantitative estimate of drug-likeness (QED) is 0.448. The number of nitro groups is 1. The van der Waals surface area contributed by atoms with Gasteiger partial charge in [-0.15, -0.1) is 0 Å². The molecule has 0 aliphatic heterocycles. The molecule has 0 spiro atoms. The molecule has 19 heavy (non-hydrogen) atoms. The van der Waals surface area contributed by atoms with Crippen molar-refractivity contribution in [2.45, 2.75) is 13.3 Å². The van der Waals surface area contributed by atoms with Crippen molar-refractivity contribution >= 4 is 39.1 Å². The smallest absolute Gasteiger partial charge is 0.283 e. The van der Waals surface area contributed by atoms with Gasteiger partial charge in [-0.25, -0.2) is 0 Å². The van der Waals surface area contributed by atoms with Gasteiger partial charge in [-0.2, -0.15) is 0 Å². The van der Waals surface area contributed by atoms with Crippen molar-refractivity contribution in [3.05, 3.63) is 38.9 Å². The first-order valence-electron chi connectivity index (χ1n) is 5.80. The Bertz CT molecular complexity index is 482. The monoisotopic (exact) mass is 348 g/mol. The molecule has 0 unspecified atom stereocenters. The molecule has 0 fully saturated rings. The summed E-state index contributed by atoms with van der Waals surface area (Å²) < 4.78 is 0. The Hall–Kier alpha value is -1.14. The van der Waals surface area contributed by atoms with Crippen LogP contribution in [-0.4, -0.2) is 34.2 Å². The minimum absolute atomic E-state index is 0.0748. The van der Waals surface area contributed by atoms with E-state index in [2.05, 4.69) is 15.9 Å². The van der Waals surface area contributed by atoms with Crippen LogP contribution in [0, 0.1) is 10.1 Å². The Morgan fingerprint density at radius 2 is 2.21 bits per heavy atom. The van der Waals surface area contributed by atoms with Crippen LogP contribution in [0.4, 0.5) is 5.69 Å². The highest BCUT2D eigenvalue weighted by atomic mass is 79.9. The van der Waals surface area contributed by atoms with E-state index in [9.17, 15) is 14.9 Å². The lowest BCUT2D eigenvalue weighted by Crippen LogP contribution is -2.32. The standard InChI is InChI=1S/C12H14BrClN2O3/c1-2-15(7-3-6-13)12(17)10-5-4-9(14)8-11(10)16(18)19/h4-5,8H,2-3,6-7H2,1H3. The average molecular weight is 350 g/mol. The van der Waals surface area contributed by atoms with Crippen LogP contribution in [0.1, 0.15) is 23.7 Å². The van der Waals surface area contributed by atoms with Crippen LogP contribution >= 0.6 is 27.5 Å². The van der Waals surface area contributed by atoms with Crippen LogP contribution in [0.25, 0.3) is 0 Å². The Balaban J connectivity index is 3.07. The fourth-order valence-corrected chi connectivity index (χ4v) is 2.08. The summed E-state index contributed by atoms with van der Waals surface area (Å²) in [6.45, 7) is 2.90. The second-order valence-electron chi connectivity index (χ2n) is 3.85. The Morgan fingerprint density at radius 1 is 1.53 bits per heavy atom. The van der Waals surface area contributed by atoms with Crippen molar-refractivity contribution in [3.8, 4) is 0 Å². The number of amides is 1. The van der Waals surface area contributed by atoms with Crippen molar-refractivity contribution in [1.82, 2.24) is 4.90 Å². The Kier molecular flexibility index (Phi) is 6.24. The zero-order valence-electron chi connectivity index (χ0n) is 10.4. The zero-order chi connectivity index (χ0) is 14.4. The minimum Gasteiger partial charge on any atom is -0.339 e. The first kappa shape index (κ1) is 15.9. The third-order valence-corrected chi connectivity index (χ3v) is 3.41. The fourth-order valence-electron chi connectivity index (χ4n) is 1.66. The normalized spacial score (nSPS) is 10.3. The fraction of sp³-hybridized carbons (Fsp3) is 0.417. The molecule has 0 atom stereocenters. The number of halogens is 2. The van der Waals surface area contributed by atoms with E-state index in [4.69, 9.17) is 11.6 Å². The number of nitrogens with zero attached hydrogens (tertiary/aromatic N) is 2. The van der Waals surface area contributed by atoms with Gasteiger partial charge in [0.25, 0.3) is 11.6 Å². The summed E-state index contributed by atoms with van der Waals surface area (Å²) >= 11 is 9.02. The van der Waals surface area contributed by atoms with Gasteiger partial charge in [0, 0.05) is 29.5 Å². The molecule has 0 heterocycles. The van der Waals surface area contributed by atoms with Crippen LogP contribution in [0.5, 0.6) is 0 Å². The van der Waals surface area contributed by atoms with Crippen LogP contribution in [0.2, 0.25) is 5.02 Å². The highest BCUT2D eigenvalue weighted by molar-refractivity contribution is 9.09. The number of nitro benzene ring substituents is 1. The van der Waals surface area contributed by atoms with Crippen LogP contribution in [0.15, 0.2) is 18.2 Å². The van der Waals surface area contributed by atoms with E-state index in [0.29, 0.717) is 13.1 Å². The van der Waals surface area contributed by atoms with E-state index in [1.54, 1.807) is 4.90 Å². The van der Waals surface area contributed by atoms with Crippen LogP contribution in [0.3, 0.4) is 0 Å². The maximum Gasteiger partial charge on any atom is 0.283 e. The zero-order valence-corrected chi connectivity index (χ0v) is 12.8. The van der Waals surface area contributed by atoms with Gasteiger partial charge in [0.2, 0.25) is 0 Å². The van der Waals surface area contributed by atoms with Crippen LogP contribution in [-0.2, 0) is 0 Å². The van der Waals surface area contributed by atoms with E-state index in [-0.39, 0.29) is 22.2 Å². The summed E-state index contributed by atoms with van der Waals surface area (Å²) in [5, 5.41) is 12.0. The molecule has 1 aromatic rings. The number of alkyl halides is 1. The molecule has 104 valence electrons. The minimum atomic E-state index is -0.586. The van der Waals surface area contributed by atoms with Crippen molar-refractivity contribution < 1.29 is 9.72 Å². The molecule has 0 bridgehead atoms. The molecule has 0 aromatic heterocycles. The van der Waals surface area contributed by atoms with Gasteiger partial charge in [0.1, 0.15) is 5.56 Å². The molecule has 7 heteroatoms. The predicted octanol–water partition coefficient (Wildman–Crippen LogP) is 3.50. The molecule has 0 saturated heterocycles. The van der Waals surface area contributed by atoms with E-state index < -0.39 is 4.92 Å². The van der Waals surface area contributed by atoms with Crippen molar-refractivity contribution in [2.75, 3.05) is 18.4 Å². The summed E-state index contributed by atoms with van der Waals surface area (Å²) in [5.74, 6) is -0.341. The maximum atomic E-state index is 12.3. The number of hydrogen-bond acceptors (Lipinski definition) is 3. The molecule has 0 aliphatic rings. The van der Waals surface area contributed by atoms with Crippen LogP contribution < -0.4 is 0 Å². The molecular formula is C12H14BrClN2O3. The highest BCUT2D eigenvalue weighted by Gasteiger charge is 2.23. The van der Waals surface area contributed by atoms with Crippen molar-refractivity contribution in [2.24, 2.45) is 0 Å². The van der Waals surface area contributed by atoms with Gasteiger partial charge in [-0.1, -0.05) is 27.5 Å². The maximum absolute atomic E-state index is 12.3. The molecule has 0 N–H and O–H groups in total. The average Bonchev–Trinajstić information content (AvgIpc) is 2.39. The second-order valence-corrected chi connectivity index (χ2v) is 5.08. The lowest BCUT2D eigenvalue weighted by Gasteiger charge is -2.20. The molecule has 0 radical (unpaired) electrons. The van der Waals surface area contributed by atoms with Crippen molar-refractivity contribution in [3.63, 3.8) is 0 Å². The van der Waals surface area contributed by atoms with Gasteiger partial charge in [-0.05, 0) is 25.5 Å². The molecule has 1 aromatic carbocycles. The molecule has 1 rings (SSSR count). The Morgan fingerprint density at radius 3 is 2.74 bits per heavy atom. The lowest BCUT2D eigenvalue weighted by atomic mass is 10.1. The van der Waals surface area contributed by atoms with Gasteiger partial charge < -0.3 is 4.90 Å². The molecule has 0 saturated carbocycles. The predicted molar refractivity (Wildman–Crippen MR) is 78.1 cm³/mol. The molecule has 5 nitrogen and oxygen atoms in total. The van der Waals surface area contributed by atoms with E-state index in [0.717, 1.165) is 11.8 Å². The number of carbonyl (C=O) groups excluding carboxylic acids is 1. The van der Waals surface area contributed by atoms with Crippen molar-refractivity contribution in [1.29, 1.82) is 0 Å². The topological polar surface area (TPSA) is 63.5 Å². The third-order valence-electron chi connectivity index (χ3n) is 2.62. The summed E-state index contributed by atoms with van der Waals surface area (Å²) in [7, 11) is 0. The van der Waals surface area contributed by atoms with Gasteiger partial charge in [0.15, 0.2) is 0 Å². The SMILES string of the molecule is CCN(CCCBr)C(=O)c1ccc(Cl)cc1[N+](=O)[O-]. The highest BCUT2D eigenvalue weighted by Crippen LogP contribution is 2.24. The first-order valence-corrected chi connectivity index (χ1v) is 7.30. The molecule has 1 amide bonds. The van der Waals surface area contributed by atoms with Gasteiger partial charge in [0.05, 0.1) is 4.92 Å². The third kappa shape index (κ3) is 4.18. The summed E-state index contributed by atoms with van der Waals surface area (Å²) in [6.07, 6.45) is 0.793. The summed E-state index contributed by atoms with van der Waals surface area (Å²) in [4.78, 5) is 24.2. The Labute approximate surface area is 124 Å². The van der Waals surface area contributed by atoms with Gasteiger partial charge >= 0.3 is 0 Å². The summed E-state index contributed by atoms with van der Waals surface area (Å²) in [6, 6.07) is 4.09. The van der Waals surface area contributed by atoms with Gasteiger partial charge in [-0.3, -0.25) is 14.9 Å². The number of carbonyl (C=O) groups is 1. The first-order chi connectivity index (χ1) is 9.01. The number of benzene rings is 1. The van der Waals surface area contributed by atoms with E-state index >= 15 is 0 Å². The number of hydrogen-bond donors (Lipinski definition) is 0.